The van der Waals surface area contributed by atoms with Gasteiger partial charge in [-0.15, -0.1) is 0 Å². The van der Waals surface area contributed by atoms with Crippen molar-refractivity contribution in [2.45, 2.75) is 39.5 Å². The highest BCUT2D eigenvalue weighted by Crippen LogP contribution is 1.91. The van der Waals surface area contributed by atoms with Crippen LogP contribution in [0.1, 0.15) is 39.5 Å². The van der Waals surface area contributed by atoms with Crippen molar-refractivity contribution in [2.75, 3.05) is 39.6 Å². The fraction of sp³-hybridized carbons (Fsp3) is 0.857. The first kappa shape index (κ1) is 18.9. The Morgan fingerprint density at radius 1 is 0.650 bits per heavy atom. The molecule has 0 radical (unpaired) electrons. The van der Waals surface area contributed by atoms with Gasteiger partial charge in [0.1, 0.15) is 13.2 Å². The summed E-state index contributed by atoms with van der Waals surface area (Å²) in [7, 11) is 0. The van der Waals surface area contributed by atoms with Crippen LogP contribution in [0.5, 0.6) is 0 Å². The maximum absolute atomic E-state index is 11.2. The van der Waals surface area contributed by atoms with E-state index >= 15 is 0 Å². The first-order valence-electron chi connectivity index (χ1n) is 7.21. The van der Waals surface area contributed by atoms with Gasteiger partial charge in [0.25, 0.3) is 0 Å². The topological polar surface area (TPSA) is 71.1 Å². The molecule has 0 N–H and O–H groups in total. The highest BCUT2D eigenvalue weighted by molar-refractivity contribution is 6.29. The second-order valence-corrected chi connectivity index (χ2v) is 4.20. The Labute approximate surface area is 120 Å². The molecule has 0 fully saturated rings. The first-order chi connectivity index (χ1) is 9.72. The number of rotatable bonds is 12. The van der Waals surface area contributed by atoms with Crippen LogP contribution >= 0.6 is 0 Å². The van der Waals surface area contributed by atoms with Gasteiger partial charge in [0.05, 0.1) is 13.2 Å². The molecular formula is C14H26O6. The third kappa shape index (κ3) is 11.9. The van der Waals surface area contributed by atoms with E-state index in [2.05, 4.69) is 13.8 Å². The van der Waals surface area contributed by atoms with E-state index in [-0.39, 0.29) is 13.2 Å². The van der Waals surface area contributed by atoms with Crippen molar-refractivity contribution in [2.24, 2.45) is 0 Å². The molecule has 0 saturated carbocycles. The van der Waals surface area contributed by atoms with Crippen LogP contribution in [0.2, 0.25) is 0 Å². The number of carbonyl (C=O) groups excluding carboxylic acids is 2. The van der Waals surface area contributed by atoms with Crippen molar-refractivity contribution >= 4 is 11.9 Å². The van der Waals surface area contributed by atoms with Crippen molar-refractivity contribution in [1.82, 2.24) is 0 Å². The Kier molecular flexibility index (Phi) is 13.5. The maximum Gasteiger partial charge on any atom is 0.417 e. The number of ether oxygens (including phenoxy) is 4. The van der Waals surface area contributed by atoms with Crippen LogP contribution in [-0.4, -0.2) is 51.6 Å². The lowest BCUT2D eigenvalue weighted by Crippen LogP contribution is -2.23. The molecule has 0 aromatic heterocycles. The minimum atomic E-state index is -0.988. The average molecular weight is 290 g/mol. The van der Waals surface area contributed by atoms with Gasteiger partial charge in [0, 0.05) is 13.2 Å². The van der Waals surface area contributed by atoms with Crippen molar-refractivity contribution < 1.29 is 28.5 Å². The Balaban J connectivity index is 3.40. The van der Waals surface area contributed by atoms with Gasteiger partial charge in [0.15, 0.2) is 0 Å². The van der Waals surface area contributed by atoms with Crippen LogP contribution in [0.4, 0.5) is 0 Å². The molecule has 0 aliphatic rings. The molecule has 118 valence electrons. The molecule has 0 bridgehead atoms. The van der Waals surface area contributed by atoms with Crippen molar-refractivity contribution in [3.8, 4) is 0 Å². The summed E-state index contributed by atoms with van der Waals surface area (Å²) < 4.78 is 19.8. The molecule has 0 spiro atoms. The second-order valence-electron chi connectivity index (χ2n) is 4.20. The number of hydrogen-bond acceptors (Lipinski definition) is 6. The Hall–Kier alpha value is -1.14. The van der Waals surface area contributed by atoms with Crippen LogP contribution in [0.3, 0.4) is 0 Å². The van der Waals surface area contributed by atoms with Gasteiger partial charge in [-0.3, -0.25) is 0 Å². The number of esters is 2. The van der Waals surface area contributed by atoms with E-state index in [4.69, 9.17) is 18.9 Å². The van der Waals surface area contributed by atoms with Crippen LogP contribution in [-0.2, 0) is 28.5 Å². The lowest BCUT2D eigenvalue weighted by molar-refractivity contribution is -0.169. The van der Waals surface area contributed by atoms with Gasteiger partial charge in [-0.1, -0.05) is 26.7 Å². The summed E-state index contributed by atoms with van der Waals surface area (Å²) in [6.07, 6.45) is 4.03. The highest BCUT2D eigenvalue weighted by Gasteiger charge is 2.16. The molecule has 0 atom stereocenters. The number of unbranched alkanes of at least 4 members (excludes halogenated alkanes) is 2. The molecule has 0 unspecified atom stereocenters. The zero-order valence-electron chi connectivity index (χ0n) is 12.5. The number of carbonyl (C=O) groups is 2. The van der Waals surface area contributed by atoms with Gasteiger partial charge in [0.2, 0.25) is 0 Å². The molecule has 0 aromatic rings. The van der Waals surface area contributed by atoms with E-state index in [1.807, 2.05) is 0 Å². The molecule has 0 saturated heterocycles. The largest absolute Gasteiger partial charge is 0.455 e. The number of hydrogen-bond donors (Lipinski definition) is 0. The molecule has 0 aliphatic heterocycles. The fourth-order valence-electron chi connectivity index (χ4n) is 1.20. The van der Waals surface area contributed by atoms with Gasteiger partial charge in [-0.05, 0) is 12.8 Å². The standard InChI is InChI=1S/C14H26O6/c1-3-5-7-17-9-11-19-13(15)14(16)20-12-10-18-8-6-4-2/h3-12H2,1-2H3. The molecule has 0 heterocycles. The summed E-state index contributed by atoms with van der Waals surface area (Å²) in [5.41, 5.74) is 0. The molecule has 0 amide bonds. The van der Waals surface area contributed by atoms with Gasteiger partial charge in [-0.25, -0.2) is 9.59 Å². The van der Waals surface area contributed by atoms with Crippen molar-refractivity contribution in [3.05, 3.63) is 0 Å². The van der Waals surface area contributed by atoms with Crippen molar-refractivity contribution in [3.63, 3.8) is 0 Å². The van der Waals surface area contributed by atoms with E-state index in [1.165, 1.54) is 0 Å². The first-order valence-corrected chi connectivity index (χ1v) is 7.21. The summed E-state index contributed by atoms with van der Waals surface area (Å²) in [6, 6.07) is 0. The molecule has 0 aromatic carbocycles. The molecular weight excluding hydrogens is 264 g/mol. The van der Waals surface area contributed by atoms with E-state index in [0.717, 1.165) is 25.7 Å². The maximum atomic E-state index is 11.2. The quantitative estimate of drug-likeness (QED) is 0.309. The zero-order valence-corrected chi connectivity index (χ0v) is 12.5. The van der Waals surface area contributed by atoms with Gasteiger partial charge in [-0.2, -0.15) is 0 Å². The Morgan fingerprint density at radius 2 is 1.05 bits per heavy atom. The third-order valence-electron chi connectivity index (χ3n) is 2.37. The smallest absolute Gasteiger partial charge is 0.417 e. The normalized spacial score (nSPS) is 10.3. The minimum Gasteiger partial charge on any atom is -0.455 e. The van der Waals surface area contributed by atoms with Crippen LogP contribution in [0.15, 0.2) is 0 Å². The monoisotopic (exact) mass is 290 g/mol. The minimum absolute atomic E-state index is 0.0602. The zero-order chi connectivity index (χ0) is 15.1. The van der Waals surface area contributed by atoms with Crippen molar-refractivity contribution in [1.29, 1.82) is 0 Å². The summed E-state index contributed by atoms with van der Waals surface area (Å²) in [5.74, 6) is -1.98. The van der Waals surface area contributed by atoms with E-state index < -0.39 is 11.9 Å². The predicted molar refractivity (Wildman–Crippen MR) is 73.4 cm³/mol. The SMILES string of the molecule is CCCCOCCOC(=O)C(=O)OCCOCCCC. The Bertz CT molecular complexity index is 228. The summed E-state index contributed by atoms with van der Waals surface area (Å²) in [6.45, 7) is 6.09. The van der Waals surface area contributed by atoms with Gasteiger partial charge < -0.3 is 18.9 Å². The van der Waals surface area contributed by atoms with Crippen LogP contribution in [0, 0.1) is 0 Å². The fourth-order valence-corrected chi connectivity index (χ4v) is 1.20. The second kappa shape index (κ2) is 14.3. The lowest BCUT2D eigenvalue weighted by atomic mass is 10.4. The Morgan fingerprint density at radius 3 is 1.40 bits per heavy atom. The van der Waals surface area contributed by atoms with Gasteiger partial charge >= 0.3 is 11.9 Å². The van der Waals surface area contributed by atoms with E-state index in [0.29, 0.717) is 26.4 Å². The van der Waals surface area contributed by atoms with E-state index in [9.17, 15) is 9.59 Å². The average Bonchev–Trinajstić information content (AvgIpc) is 2.45. The summed E-state index contributed by atoms with van der Waals surface area (Å²) in [5, 5.41) is 0. The predicted octanol–water partition coefficient (Wildman–Crippen LogP) is 1.71. The highest BCUT2D eigenvalue weighted by atomic mass is 16.6. The molecule has 6 heteroatoms. The molecule has 20 heavy (non-hydrogen) atoms. The lowest BCUT2D eigenvalue weighted by Gasteiger charge is -2.06. The van der Waals surface area contributed by atoms with E-state index in [1.54, 1.807) is 0 Å². The van der Waals surface area contributed by atoms with Crippen LogP contribution in [0.25, 0.3) is 0 Å². The third-order valence-corrected chi connectivity index (χ3v) is 2.37. The molecule has 0 aliphatic carbocycles. The molecule has 0 rings (SSSR count). The molecule has 6 nitrogen and oxygen atoms in total. The summed E-state index contributed by atoms with van der Waals surface area (Å²) >= 11 is 0. The van der Waals surface area contributed by atoms with Crippen LogP contribution < -0.4 is 0 Å². The summed E-state index contributed by atoms with van der Waals surface area (Å²) in [4.78, 5) is 22.4.